The van der Waals surface area contributed by atoms with Gasteiger partial charge in [0.05, 0.1) is 5.69 Å². The first-order valence-corrected chi connectivity index (χ1v) is 9.23. The topological polar surface area (TPSA) is 64.0 Å². The van der Waals surface area contributed by atoms with Crippen LogP contribution in [-0.2, 0) is 12.8 Å². The number of nitrogens with one attached hydrogen (secondary N) is 1. The highest BCUT2D eigenvalue weighted by molar-refractivity contribution is 7.98. The third-order valence-corrected chi connectivity index (χ3v) is 5.52. The Hall–Kier alpha value is -2.86. The van der Waals surface area contributed by atoms with Crippen LogP contribution in [0.4, 0.5) is 5.69 Å². The van der Waals surface area contributed by atoms with Gasteiger partial charge in [0, 0.05) is 40.1 Å². The molecule has 1 N–H and O–H groups in total. The predicted octanol–water partition coefficient (Wildman–Crippen LogP) is 4.15. The van der Waals surface area contributed by atoms with Crippen molar-refractivity contribution in [2.75, 3.05) is 5.32 Å². The van der Waals surface area contributed by atoms with Crippen LogP contribution in [0.5, 0.6) is 0 Å². The largest absolute Gasteiger partial charge is 0.321 e. The third kappa shape index (κ3) is 2.82. The Morgan fingerprint density at radius 1 is 1.12 bits per heavy atom. The number of Topliss-reactive ketones (excluding diaryl/α,β-unsaturated/α-hetero) is 1. The highest BCUT2D eigenvalue weighted by Gasteiger charge is 2.27. The summed E-state index contributed by atoms with van der Waals surface area (Å²) in [6, 6.07) is 15.0. The molecule has 6 heteroatoms. The molecule has 0 unspecified atom stereocenters. The van der Waals surface area contributed by atoms with E-state index in [0.717, 1.165) is 16.8 Å². The SMILES string of the molecule is CC(=O)c1ccc(NC(=O)c2nn(C)c3c2CSc2ccccc2-3)cc1. The van der Waals surface area contributed by atoms with Crippen LogP contribution in [-0.4, -0.2) is 21.5 Å². The second kappa shape index (κ2) is 6.46. The fourth-order valence-corrected chi connectivity index (χ4v) is 4.21. The summed E-state index contributed by atoms with van der Waals surface area (Å²) in [7, 11) is 1.87. The lowest BCUT2D eigenvalue weighted by Gasteiger charge is -2.17. The molecule has 26 heavy (non-hydrogen) atoms. The molecule has 3 aromatic rings. The minimum absolute atomic E-state index is 0.00244. The summed E-state index contributed by atoms with van der Waals surface area (Å²) in [5.74, 6) is 0.474. The van der Waals surface area contributed by atoms with E-state index in [-0.39, 0.29) is 11.7 Å². The van der Waals surface area contributed by atoms with Crippen molar-refractivity contribution in [2.45, 2.75) is 17.6 Å². The molecule has 0 aliphatic carbocycles. The average molecular weight is 363 g/mol. The van der Waals surface area contributed by atoms with E-state index >= 15 is 0 Å². The molecule has 2 heterocycles. The molecule has 4 rings (SSSR count). The maximum absolute atomic E-state index is 12.8. The molecule has 0 saturated carbocycles. The smallest absolute Gasteiger partial charge is 0.276 e. The van der Waals surface area contributed by atoms with Gasteiger partial charge >= 0.3 is 0 Å². The first-order valence-electron chi connectivity index (χ1n) is 8.25. The number of aromatic nitrogens is 2. The van der Waals surface area contributed by atoms with Gasteiger partial charge in [0.25, 0.3) is 5.91 Å². The normalized spacial score (nSPS) is 12.2. The van der Waals surface area contributed by atoms with Gasteiger partial charge in [0.2, 0.25) is 0 Å². The molecular weight excluding hydrogens is 346 g/mol. The van der Waals surface area contributed by atoms with Crippen LogP contribution in [0.2, 0.25) is 0 Å². The molecule has 5 nitrogen and oxygen atoms in total. The van der Waals surface area contributed by atoms with E-state index in [1.54, 1.807) is 40.7 Å². The molecule has 1 aliphatic heterocycles. The standard InChI is InChI=1S/C20H17N3O2S/c1-12(24)13-7-9-14(10-8-13)21-20(25)18-16-11-26-17-6-4-3-5-15(17)19(16)23(2)22-18/h3-10H,11H2,1-2H3,(H,21,25). The van der Waals surface area contributed by atoms with Crippen molar-refractivity contribution in [3.05, 3.63) is 65.4 Å². The zero-order valence-electron chi connectivity index (χ0n) is 14.4. The maximum atomic E-state index is 12.8. The number of hydrogen-bond acceptors (Lipinski definition) is 4. The maximum Gasteiger partial charge on any atom is 0.276 e. The first-order chi connectivity index (χ1) is 12.5. The molecular formula is C20H17N3O2S. The second-order valence-corrected chi connectivity index (χ2v) is 7.19. The van der Waals surface area contributed by atoms with Crippen molar-refractivity contribution in [1.29, 1.82) is 0 Å². The molecule has 1 amide bonds. The number of ketones is 1. The number of carbonyl (C=O) groups excluding carboxylic acids is 2. The summed E-state index contributed by atoms with van der Waals surface area (Å²) in [5, 5.41) is 7.35. The van der Waals surface area contributed by atoms with Crippen LogP contribution in [0.3, 0.4) is 0 Å². The number of fused-ring (bicyclic) bond motifs is 3. The predicted molar refractivity (Wildman–Crippen MR) is 103 cm³/mol. The van der Waals surface area contributed by atoms with E-state index in [4.69, 9.17) is 0 Å². The van der Waals surface area contributed by atoms with Crippen LogP contribution in [0.1, 0.15) is 33.3 Å². The Balaban J connectivity index is 1.65. The molecule has 2 aromatic carbocycles. The lowest BCUT2D eigenvalue weighted by atomic mass is 10.1. The van der Waals surface area contributed by atoms with E-state index in [9.17, 15) is 9.59 Å². The number of anilines is 1. The van der Waals surface area contributed by atoms with Gasteiger partial charge in [-0.3, -0.25) is 14.3 Å². The Kier molecular flexibility index (Phi) is 4.12. The summed E-state index contributed by atoms with van der Waals surface area (Å²) in [6.07, 6.45) is 0. The van der Waals surface area contributed by atoms with Gasteiger partial charge in [-0.1, -0.05) is 18.2 Å². The van der Waals surface area contributed by atoms with Crippen LogP contribution in [0, 0.1) is 0 Å². The van der Waals surface area contributed by atoms with Gasteiger partial charge in [-0.2, -0.15) is 5.10 Å². The van der Waals surface area contributed by atoms with Gasteiger partial charge < -0.3 is 5.32 Å². The van der Waals surface area contributed by atoms with Crippen molar-refractivity contribution in [1.82, 2.24) is 9.78 Å². The molecule has 0 atom stereocenters. The van der Waals surface area contributed by atoms with Gasteiger partial charge in [-0.25, -0.2) is 0 Å². The molecule has 0 radical (unpaired) electrons. The fraction of sp³-hybridized carbons (Fsp3) is 0.150. The van der Waals surface area contributed by atoms with Crippen LogP contribution in [0.15, 0.2) is 53.4 Å². The van der Waals surface area contributed by atoms with E-state index in [1.165, 1.54) is 11.8 Å². The van der Waals surface area contributed by atoms with Gasteiger partial charge in [-0.15, -0.1) is 11.8 Å². The number of amides is 1. The van der Waals surface area contributed by atoms with Gasteiger partial charge in [0.1, 0.15) is 0 Å². The quantitative estimate of drug-likeness (QED) is 0.710. The van der Waals surface area contributed by atoms with Crippen molar-refractivity contribution in [2.24, 2.45) is 7.05 Å². The number of benzene rings is 2. The Labute approximate surface area is 155 Å². The monoisotopic (exact) mass is 363 g/mol. The minimum Gasteiger partial charge on any atom is -0.321 e. The fourth-order valence-electron chi connectivity index (χ4n) is 3.14. The number of aryl methyl sites for hydroxylation is 1. The van der Waals surface area contributed by atoms with E-state index in [0.29, 0.717) is 22.7 Å². The molecule has 0 bridgehead atoms. The van der Waals surface area contributed by atoms with Crippen molar-refractivity contribution >= 4 is 29.1 Å². The first kappa shape index (κ1) is 16.6. The van der Waals surface area contributed by atoms with Crippen molar-refractivity contribution in [3.63, 3.8) is 0 Å². The van der Waals surface area contributed by atoms with Crippen LogP contribution in [0.25, 0.3) is 11.3 Å². The van der Waals surface area contributed by atoms with Gasteiger partial charge in [-0.05, 0) is 37.3 Å². The lowest BCUT2D eigenvalue weighted by molar-refractivity contribution is 0.101. The highest BCUT2D eigenvalue weighted by atomic mass is 32.2. The summed E-state index contributed by atoms with van der Waals surface area (Å²) in [4.78, 5) is 25.3. The lowest BCUT2D eigenvalue weighted by Crippen LogP contribution is -2.15. The third-order valence-electron chi connectivity index (χ3n) is 4.42. The summed E-state index contributed by atoms with van der Waals surface area (Å²) >= 11 is 1.72. The molecule has 0 saturated heterocycles. The van der Waals surface area contributed by atoms with E-state index < -0.39 is 0 Å². The number of rotatable bonds is 3. The van der Waals surface area contributed by atoms with Crippen LogP contribution >= 0.6 is 11.8 Å². The number of nitrogens with zero attached hydrogens (tertiary/aromatic N) is 2. The minimum atomic E-state index is -0.239. The zero-order valence-corrected chi connectivity index (χ0v) is 15.3. The van der Waals surface area contributed by atoms with E-state index in [2.05, 4.69) is 22.5 Å². The Morgan fingerprint density at radius 3 is 2.58 bits per heavy atom. The van der Waals surface area contributed by atoms with E-state index in [1.807, 2.05) is 19.2 Å². The van der Waals surface area contributed by atoms with Crippen molar-refractivity contribution < 1.29 is 9.59 Å². The van der Waals surface area contributed by atoms with Crippen LogP contribution < -0.4 is 5.32 Å². The number of hydrogen-bond donors (Lipinski definition) is 1. The van der Waals surface area contributed by atoms with Gasteiger partial charge in [0.15, 0.2) is 11.5 Å². The summed E-state index contributed by atoms with van der Waals surface area (Å²) in [6.45, 7) is 1.52. The Bertz CT molecular complexity index is 1020. The molecule has 0 fully saturated rings. The number of carbonyl (C=O) groups is 2. The summed E-state index contributed by atoms with van der Waals surface area (Å²) in [5.41, 5.74) is 4.76. The molecule has 130 valence electrons. The highest BCUT2D eigenvalue weighted by Crippen LogP contribution is 2.42. The Morgan fingerprint density at radius 2 is 1.85 bits per heavy atom. The van der Waals surface area contributed by atoms with Crippen molar-refractivity contribution in [3.8, 4) is 11.3 Å². The molecule has 0 spiro atoms. The zero-order chi connectivity index (χ0) is 18.3. The second-order valence-electron chi connectivity index (χ2n) is 6.17. The molecule has 1 aromatic heterocycles. The average Bonchev–Trinajstić information content (AvgIpc) is 2.99. The number of thioether (sulfide) groups is 1. The summed E-state index contributed by atoms with van der Waals surface area (Å²) < 4.78 is 1.78. The molecule has 1 aliphatic rings.